The molecule has 3 rings (SSSR count). The van der Waals surface area contributed by atoms with E-state index in [1.54, 1.807) is 5.56 Å². The summed E-state index contributed by atoms with van der Waals surface area (Å²) in [6.07, 6.45) is 6.83. The van der Waals surface area contributed by atoms with Gasteiger partial charge in [0.1, 0.15) is 0 Å². The fraction of sp³-hybridized carbons (Fsp3) is 0.625. The number of hydrogen-bond donors (Lipinski definition) is 1. The van der Waals surface area contributed by atoms with Gasteiger partial charge in [-0.05, 0) is 49.8 Å². The van der Waals surface area contributed by atoms with Crippen molar-refractivity contribution in [1.82, 2.24) is 5.32 Å². The van der Waals surface area contributed by atoms with E-state index in [9.17, 15) is 0 Å². The van der Waals surface area contributed by atoms with Crippen molar-refractivity contribution in [1.29, 1.82) is 0 Å². The van der Waals surface area contributed by atoms with Gasteiger partial charge in [0.2, 0.25) is 0 Å². The third-order valence-corrected chi connectivity index (χ3v) is 5.78. The maximum Gasteiger partial charge on any atom is 0.0291 e. The minimum absolute atomic E-state index is 0.732. The van der Waals surface area contributed by atoms with Crippen molar-refractivity contribution in [3.63, 3.8) is 0 Å². The Morgan fingerprint density at radius 1 is 1.33 bits per heavy atom. The van der Waals surface area contributed by atoms with Crippen LogP contribution in [0.3, 0.4) is 0 Å². The van der Waals surface area contributed by atoms with Crippen molar-refractivity contribution in [2.75, 3.05) is 6.54 Å². The summed E-state index contributed by atoms with van der Waals surface area (Å²) in [5.74, 6) is 0.934. The Hall–Kier alpha value is -0.470. The third-order valence-electron chi connectivity index (χ3n) is 4.36. The number of rotatable bonds is 5. The summed E-state index contributed by atoms with van der Waals surface area (Å²) in [5.41, 5.74) is 1.56. The van der Waals surface area contributed by atoms with Crippen LogP contribution in [0.15, 0.2) is 29.2 Å². The molecule has 0 saturated heterocycles. The molecule has 1 aliphatic carbocycles. The molecular formula is C16H23NS. The Balaban J connectivity index is 1.69. The fourth-order valence-corrected chi connectivity index (χ4v) is 4.63. The van der Waals surface area contributed by atoms with Gasteiger partial charge in [0.25, 0.3) is 0 Å². The third kappa shape index (κ3) is 2.46. The molecule has 98 valence electrons. The van der Waals surface area contributed by atoms with E-state index < -0.39 is 0 Å². The smallest absolute Gasteiger partial charge is 0.0291 e. The standard InChI is InChI=1S/C16H23NS/c1-2-10-17-16(12-7-5-8-12)15-11-13-6-3-4-9-14(13)18-15/h3-4,6,9,12,15-17H,2,5,7-8,10-11H2,1H3. The van der Waals surface area contributed by atoms with Crippen LogP contribution in [-0.2, 0) is 6.42 Å². The molecule has 0 aromatic heterocycles. The van der Waals surface area contributed by atoms with Crippen molar-refractivity contribution in [2.24, 2.45) is 5.92 Å². The highest BCUT2D eigenvalue weighted by Gasteiger charge is 2.36. The van der Waals surface area contributed by atoms with Crippen LogP contribution in [-0.4, -0.2) is 17.8 Å². The first-order valence-electron chi connectivity index (χ1n) is 7.36. The van der Waals surface area contributed by atoms with E-state index in [1.165, 1.54) is 43.5 Å². The average Bonchev–Trinajstić information content (AvgIpc) is 2.75. The molecule has 0 bridgehead atoms. The maximum atomic E-state index is 3.83. The van der Waals surface area contributed by atoms with Crippen LogP contribution in [0, 0.1) is 5.92 Å². The lowest BCUT2D eigenvalue weighted by atomic mass is 9.77. The molecule has 1 aromatic carbocycles. The number of thioether (sulfide) groups is 1. The van der Waals surface area contributed by atoms with Gasteiger partial charge in [0.15, 0.2) is 0 Å². The van der Waals surface area contributed by atoms with Gasteiger partial charge in [0.05, 0.1) is 0 Å². The highest BCUT2D eigenvalue weighted by Crippen LogP contribution is 2.43. The minimum Gasteiger partial charge on any atom is -0.313 e. The summed E-state index contributed by atoms with van der Waals surface area (Å²) in [6, 6.07) is 9.68. The number of hydrogen-bond acceptors (Lipinski definition) is 2. The molecule has 1 heterocycles. The number of benzene rings is 1. The predicted octanol–water partition coefficient (Wildman–Crippen LogP) is 3.87. The summed E-state index contributed by atoms with van der Waals surface area (Å²) in [5, 5.41) is 4.59. The molecule has 1 aromatic rings. The number of fused-ring (bicyclic) bond motifs is 1. The second-order valence-corrected chi connectivity index (χ2v) is 6.92. The normalized spacial score (nSPS) is 24.6. The molecule has 1 N–H and O–H groups in total. The highest BCUT2D eigenvalue weighted by atomic mass is 32.2. The van der Waals surface area contributed by atoms with Crippen LogP contribution in [0.4, 0.5) is 0 Å². The molecule has 2 atom stereocenters. The van der Waals surface area contributed by atoms with Crippen molar-refractivity contribution in [2.45, 2.75) is 55.2 Å². The second-order valence-electron chi connectivity index (χ2n) is 5.64. The van der Waals surface area contributed by atoms with E-state index in [0.29, 0.717) is 0 Å². The zero-order valence-corrected chi connectivity index (χ0v) is 12.0. The van der Waals surface area contributed by atoms with Crippen molar-refractivity contribution in [3.8, 4) is 0 Å². The molecule has 1 fully saturated rings. The van der Waals surface area contributed by atoms with Crippen LogP contribution in [0.2, 0.25) is 0 Å². The Morgan fingerprint density at radius 2 is 2.17 bits per heavy atom. The van der Waals surface area contributed by atoms with Gasteiger partial charge in [-0.3, -0.25) is 0 Å². The SMILES string of the molecule is CCCNC(C1CCC1)C1Cc2ccccc2S1. The molecule has 2 aliphatic rings. The lowest BCUT2D eigenvalue weighted by Crippen LogP contribution is -2.46. The van der Waals surface area contributed by atoms with E-state index in [0.717, 1.165) is 17.2 Å². The second kappa shape index (κ2) is 5.66. The topological polar surface area (TPSA) is 12.0 Å². The molecule has 0 spiro atoms. The summed E-state index contributed by atoms with van der Waals surface area (Å²) < 4.78 is 0. The van der Waals surface area contributed by atoms with Crippen molar-refractivity contribution >= 4 is 11.8 Å². The Kier molecular flexibility index (Phi) is 3.95. The predicted molar refractivity (Wildman–Crippen MR) is 79.2 cm³/mol. The first-order chi connectivity index (χ1) is 8.88. The van der Waals surface area contributed by atoms with E-state index >= 15 is 0 Å². The molecule has 1 nitrogen and oxygen atoms in total. The lowest BCUT2D eigenvalue weighted by Gasteiger charge is -2.37. The molecule has 18 heavy (non-hydrogen) atoms. The maximum absolute atomic E-state index is 3.83. The molecule has 1 aliphatic heterocycles. The molecule has 0 radical (unpaired) electrons. The fourth-order valence-electron chi connectivity index (χ4n) is 3.12. The highest BCUT2D eigenvalue weighted by molar-refractivity contribution is 8.00. The molecule has 0 amide bonds. The van der Waals surface area contributed by atoms with Crippen LogP contribution in [0.1, 0.15) is 38.2 Å². The Bertz CT molecular complexity index is 375. The summed E-state index contributed by atoms with van der Waals surface area (Å²) in [7, 11) is 0. The van der Waals surface area contributed by atoms with Crippen LogP contribution < -0.4 is 5.32 Å². The van der Waals surface area contributed by atoms with Crippen LogP contribution in [0.25, 0.3) is 0 Å². The van der Waals surface area contributed by atoms with Crippen LogP contribution in [0.5, 0.6) is 0 Å². The molecule has 2 heteroatoms. The Labute approximate surface area is 115 Å². The monoisotopic (exact) mass is 261 g/mol. The summed E-state index contributed by atoms with van der Waals surface area (Å²) in [4.78, 5) is 1.52. The van der Waals surface area contributed by atoms with Crippen LogP contribution >= 0.6 is 11.8 Å². The van der Waals surface area contributed by atoms with E-state index in [1.807, 2.05) is 0 Å². The van der Waals surface area contributed by atoms with Gasteiger partial charge in [-0.15, -0.1) is 11.8 Å². The van der Waals surface area contributed by atoms with Gasteiger partial charge in [-0.1, -0.05) is 31.5 Å². The quantitative estimate of drug-likeness (QED) is 0.863. The van der Waals surface area contributed by atoms with Gasteiger partial charge >= 0.3 is 0 Å². The zero-order chi connectivity index (χ0) is 12.4. The average molecular weight is 261 g/mol. The van der Waals surface area contributed by atoms with E-state index in [-0.39, 0.29) is 0 Å². The van der Waals surface area contributed by atoms with Crippen molar-refractivity contribution < 1.29 is 0 Å². The van der Waals surface area contributed by atoms with Gasteiger partial charge < -0.3 is 5.32 Å². The first kappa shape index (κ1) is 12.6. The minimum atomic E-state index is 0.732. The molecule has 1 saturated carbocycles. The van der Waals surface area contributed by atoms with Gasteiger partial charge in [-0.25, -0.2) is 0 Å². The lowest BCUT2D eigenvalue weighted by molar-refractivity contribution is 0.225. The molecular weight excluding hydrogens is 238 g/mol. The van der Waals surface area contributed by atoms with Crippen molar-refractivity contribution in [3.05, 3.63) is 29.8 Å². The number of nitrogens with one attached hydrogen (secondary N) is 1. The van der Waals surface area contributed by atoms with E-state index in [2.05, 4.69) is 48.3 Å². The summed E-state index contributed by atoms with van der Waals surface area (Å²) >= 11 is 2.11. The Morgan fingerprint density at radius 3 is 2.83 bits per heavy atom. The molecule has 2 unspecified atom stereocenters. The first-order valence-corrected chi connectivity index (χ1v) is 8.24. The summed E-state index contributed by atoms with van der Waals surface area (Å²) in [6.45, 7) is 3.44. The zero-order valence-electron chi connectivity index (χ0n) is 11.2. The largest absolute Gasteiger partial charge is 0.313 e. The van der Waals surface area contributed by atoms with E-state index in [4.69, 9.17) is 0 Å². The van der Waals surface area contributed by atoms with Gasteiger partial charge in [0, 0.05) is 16.2 Å². The van der Waals surface area contributed by atoms with Gasteiger partial charge in [-0.2, -0.15) is 0 Å².